The average molecular weight is 342 g/mol. The van der Waals surface area contributed by atoms with Crippen molar-refractivity contribution in [2.45, 2.75) is 6.18 Å². The van der Waals surface area contributed by atoms with E-state index in [-0.39, 0.29) is 5.82 Å². The van der Waals surface area contributed by atoms with Crippen LogP contribution in [0.1, 0.15) is 16.8 Å². The molecular weight excluding hydrogens is 329 g/mol. The van der Waals surface area contributed by atoms with Crippen LogP contribution < -0.4 is 5.43 Å². The number of anilines is 1. The van der Waals surface area contributed by atoms with Crippen molar-refractivity contribution < 1.29 is 13.2 Å². The first kappa shape index (κ1) is 16.6. The Morgan fingerprint density at radius 1 is 0.880 bits per heavy atom. The maximum Gasteiger partial charge on any atom is 0.417 e. The summed E-state index contributed by atoms with van der Waals surface area (Å²) < 4.78 is 37.7. The van der Waals surface area contributed by atoms with Gasteiger partial charge in [0.25, 0.3) is 0 Å². The number of nitrogens with one attached hydrogen (secondary N) is 1. The van der Waals surface area contributed by atoms with Crippen LogP contribution in [-0.2, 0) is 6.18 Å². The van der Waals surface area contributed by atoms with Crippen LogP contribution in [0.3, 0.4) is 0 Å². The molecule has 0 bridgehead atoms. The van der Waals surface area contributed by atoms with E-state index in [2.05, 4.69) is 20.5 Å². The van der Waals surface area contributed by atoms with Gasteiger partial charge in [-0.05, 0) is 24.3 Å². The normalized spacial score (nSPS) is 12.0. The summed E-state index contributed by atoms with van der Waals surface area (Å²) in [6.45, 7) is 0. The molecule has 0 spiro atoms. The fourth-order valence-corrected chi connectivity index (χ4v) is 2.11. The van der Waals surface area contributed by atoms with E-state index in [0.717, 1.165) is 17.8 Å². The minimum Gasteiger partial charge on any atom is -0.261 e. The summed E-state index contributed by atoms with van der Waals surface area (Å²) in [7, 11) is 0. The first-order valence-electron chi connectivity index (χ1n) is 7.38. The first-order chi connectivity index (χ1) is 12.0. The van der Waals surface area contributed by atoms with Gasteiger partial charge in [0.05, 0.1) is 11.3 Å². The quantitative estimate of drug-likeness (QED) is 0.566. The van der Waals surface area contributed by atoms with E-state index < -0.39 is 11.7 Å². The number of hydrogen-bond acceptors (Lipinski definition) is 4. The Bertz CT molecular complexity index is 803. The van der Waals surface area contributed by atoms with Crippen molar-refractivity contribution in [2.75, 3.05) is 5.43 Å². The Balaban J connectivity index is 1.89. The molecule has 0 aliphatic rings. The molecule has 4 nitrogen and oxygen atoms in total. The number of alkyl halides is 3. The van der Waals surface area contributed by atoms with Crippen LogP contribution in [0.15, 0.2) is 78.2 Å². The van der Waals surface area contributed by atoms with E-state index in [0.29, 0.717) is 11.4 Å². The maximum absolute atomic E-state index is 12.6. The van der Waals surface area contributed by atoms with Gasteiger partial charge < -0.3 is 0 Å². The van der Waals surface area contributed by atoms with Crippen LogP contribution in [0, 0.1) is 0 Å². The molecule has 1 aromatic carbocycles. The Morgan fingerprint density at radius 3 is 2.24 bits per heavy atom. The third-order valence-electron chi connectivity index (χ3n) is 3.33. The zero-order valence-electron chi connectivity index (χ0n) is 12.9. The highest BCUT2D eigenvalue weighted by atomic mass is 19.4. The molecule has 126 valence electrons. The van der Waals surface area contributed by atoms with E-state index in [9.17, 15) is 13.2 Å². The van der Waals surface area contributed by atoms with Gasteiger partial charge in [-0.2, -0.15) is 18.3 Å². The minimum absolute atomic E-state index is 0.206. The van der Waals surface area contributed by atoms with Crippen molar-refractivity contribution in [1.29, 1.82) is 0 Å². The number of nitrogens with zero attached hydrogens (tertiary/aromatic N) is 3. The summed E-state index contributed by atoms with van der Waals surface area (Å²) in [4.78, 5) is 8.02. The molecule has 0 aliphatic heterocycles. The molecule has 7 heteroatoms. The van der Waals surface area contributed by atoms with Gasteiger partial charge in [0.1, 0.15) is 11.5 Å². The first-order valence-corrected chi connectivity index (χ1v) is 7.38. The average Bonchev–Trinajstić information content (AvgIpc) is 2.63. The molecule has 25 heavy (non-hydrogen) atoms. The van der Waals surface area contributed by atoms with Crippen molar-refractivity contribution in [1.82, 2.24) is 9.97 Å². The van der Waals surface area contributed by atoms with Crippen LogP contribution in [0.4, 0.5) is 19.0 Å². The molecule has 0 aliphatic carbocycles. The monoisotopic (exact) mass is 342 g/mol. The number of halogens is 3. The highest BCUT2D eigenvalue weighted by Crippen LogP contribution is 2.28. The second-order valence-corrected chi connectivity index (χ2v) is 5.08. The summed E-state index contributed by atoms with van der Waals surface area (Å²) in [6.07, 6.45) is -2.01. The van der Waals surface area contributed by atoms with Gasteiger partial charge in [-0.1, -0.05) is 36.4 Å². The SMILES string of the molecule is FC(F)(F)c1ccc(N/N=C(\c2ccccc2)c2ccccn2)nc1. The number of aromatic nitrogens is 2. The van der Waals surface area contributed by atoms with Crippen molar-refractivity contribution in [2.24, 2.45) is 5.10 Å². The lowest BCUT2D eigenvalue weighted by atomic mass is 10.1. The fourth-order valence-electron chi connectivity index (χ4n) is 2.11. The molecule has 0 amide bonds. The van der Waals surface area contributed by atoms with Crippen molar-refractivity contribution >= 4 is 11.5 Å². The Hall–Kier alpha value is -3.22. The summed E-state index contributed by atoms with van der Waals surface area (Å²) in [5.74, 6) is 0.206. The molecule has 3 rings (SSSR count). The lowest BCUT2D eigenvalue weighted by molar-refractivity contribution is -0.137. The number of pyridine rings is 2. The number of rotatable bonds is 4. The van der Waals surface area contributed by atoms with Crippen LogP contribution in [-0.4, -0.2) is 15.7 Å². The van der Waals surface area contributed by atoms with Crippen LogP contribution in [0.5, 0.6) is 0 Å². The third-order valence-corrected chi connectivity index (χ3v) is 3.33. The van der Waals surface area contributed by atoms with E-state index in [4.69, 9.17) is 0 Å². The van der Waals surface area contributed by atoms with Gasteiger partial charge >= 0.3 is 6.18 Å². The molecule has 2 heterocycles. The molecule has 0 saturated heterocycles. The number of benzene rings is 1. The summed E-state index contributed by atoms with van der Waals surface area (Å²) >= 11 is 0. The number of hydrazone groups is 1. The predicted molar refractivity (Wildman–Crippen MR) is 89.2 cm³/mol. The largest absolute Gasteiger partial charge is 0.417 e. The highest BCUT2D eigenvalue weighted by molar-refractivity contribution is 6.11. The van der Waals surface area contributed by atoms with Gasteiger partial charge in [-0.3, -0.25) is 10.4 Å². The van der Waals surface area contributed by atoms with E-state index in [1.54, 1.807) is 18.3 Å². The van der Waals surface area contributed by atoms with Crippen LogP contribution >= 0.6 is 0 Å². The molecule has 0 saturated carbocycles. The second-order valence-electron chi connectivity index (χ2n) is 5.08. The van der Waals surface area contributed by atoms with Gasteiger partial charge in [0.15, 0.2) is 0 Å². The zero-order chi connectivity index (χ0) is 17.7. The predicted octanol–water partition coefficient (Wildman–Crippen LogP) is 4.36. The molecular formula is C18H13F3N4. The van der Waals surface area contributed by atoms with Crippen LogP contribution in [0.2, 0.25) is 0 Å². The lowest BCUT2D eigenvalue weighted by Gasteiger charge is -2.09. The highest BCUT2D eigenvalue weighted by Gasteiger charge is 2.30. The standard InChI is InChI=1S/C18H13F3N4/c19-18(20,21)14-9-10-16(23-12-14)24-25-17(13-6-2-1-3-7-13)15-8-4-5-11-22-15/h1-12H,(H,23,24)/b25-17+. The Kier molecular flexibility index (Phi) is 4.74. The van der Waals surface area contributed by atoms with E-state index in [1.165, 1.54) is 6.07 Å². The molecule has 0 unspecified atom stereocenters. The van der Waals surface area contributed by atoms with Gasteiger partial charge in [-0.15, -0.1) is 0 Å². The Morgan fingerprint density at radius 2 is 1.64 bits per heavy atom. The van der Waals surface area contributed by atoms with Crippen molar-refractivity contribution in [3.63, 3.8) is 0 Å². The summed E-state index contributed by atoms with van der Waals surface area (Å²) in [5, 5.41) is 4.29. The topological polar surface area (TPSA) is 50.2 Å². The van der Waals surface area contributed by atoms with Crippen molar-refractivity contribution in [3.05, 3.63) is 89.9 Å². The lowest BCUT2D eigenvalue weighted by Crippen LogP contribution is -2.09. The van der Waals surface area contributed by atoms with Crippen molar-refractivity contribution in [3.8, 4) is 0 Å². The molecule has 0 fully saturated rings. The fraction of sp³-hybridized carbons (Fsp3) is 0.0556. The summed E-state index contributed by atoms with van der Waals surface area (Å²) in [5.41, 5.74) is 3.89. The van der Waals surface area contributed by atoms with Gasteiger partial charge in [-0.25, -0.2) is 4.98 Å². The molecule has 2 aromatic heterocycles. The van der Waals surface area contributed by atoms with Gasteiger partial charge in [0, 0.05) is 18.0 Å². The zero-order valence-corrected chi connectivity index (χ0v) is 12.9. The maximum atomic E-state index is 12.6. The third kappa shape index (κ3) is 4.20. The molecule has 3 aromatic rings. The molecule has 0 atom stereocenters. The second kappa shape index (κ2) is 7.12. The van der Waals surface area contributed by atoms with E-state index >= 15 is 0 Å². The van der Waals surface area contributed by atoms with Gasteiger partial charge in [0.2, 0.25) is 0 Å². The Labute approximate surface area is 142 Å². The molecule has 0 radical (unpaired) electrons. The van der Waals surface area contributed by atoms with Crippen LogP contribution in [0.25, 0.3) is 0 Å². The minimum atomic E-state index is -4.42. The number of hydrogen-bond donors (Lipinski definition) is 1. The smallest absolute Gasteiger partial charge is 0.261 e. The van der Waals surface area contributed by atoms with E-state index in [1.807, 2.05) is 36.4 Å². The summed E-state index contributed by atoms with van der Waals surface area (Å²) in [6, 6.07) is 17.0. The molecule has 1 N–H and O–H groups in total.